The predicted molar refractivity (Wildman–Crippen MR) is 66.5 cm³/mol. The van der Waals surface area contributed by atoms with Crippen LogP contribution in [0.15, 0.2) is 30.3 Å². The van der Waals surface area contributed by atoms with Crippen molar-refractivity contribution in [2.75, 3.05) is 13.6 Å². The summed E-state index contributed by atoms with van der Waals surface area (Å²) in [6, 6.07) is 10.1. The lowest BCUT2D eigenvalue weighted by molar-refractivity contribution is 0.397. The van der Waals surface area contributed by atoms with Gasteiger partial charge < -0.3 is 5.32 Å². The van der Waals surface area contributed by atoms with Crippen LogP contribution < -0.4 is 5.32 Å². The van der Waals surface area contributed by atoms with Gasteiger partial charge in [0.15, 0.2) is 0 Å². The van der Waals surface area contributed by atoms with E-state index in [1.807, 2.05) is 37.4 Å². The minimum Gasteiger partial charge on any atom is -0.320 e. The first kappa shape index (κ1) is 11.7. The zero-order chi connectivity index (χ0) is 12.1. The van der Waals surface area contributed by atoms with Crippen molar-refractivity contribution in [3.63, 3.8) is 0 Å². The van der Waals surface area contributed by atoms with Crippen LogP contribution in [0.4, 0.5) is 0 Å². The van der Waals surface area contributed by atoms with Crippen LogP contribution in [-0.2, 0) is 0 Å². The molecule has 1 unspecified atom stereocenters. The smallest absolute Gasteiger partial charge is 0.204 e. The zero-order valence-electron chi connectivity index (χ0n) is 10.2. The lowest BCUT2D eigenvalue weighted by Crippen LogP contribution is -2.16. The summed E-state index contributed by atoms with van der Waals surface area (Å²) in [4.78, 5) is 1.68. The third-order valence-corrected chi connectivity index (χ3v) is 2.67. The molecule has 5 heteroatoms. The van der Waals surface area contributed by atoms with Crippen LogP contribution in [-0.4, -0.2) is 33.8 Å². The maximum atomic E-state index is 4.40. The van der Waals surface area contributed by atoms with Gasteiger partial charge >= 0.3 is 0 Å². The topological polar surface area (TPSA) is 55.6 Å². The minimum absolute atomic E-state index is 0.257. The van der Waals surface area contributed by atoms with E-state index < -0.39 is 0 Å². The number of nitrogens with one attached hydrogen (secondary N) is 1. The van der Waals surface area contributed by atoms with E-state index in [2.05, 4.69) is 27.7 Å². The molecule has 1 atom stereocenters. The number of hydrogen-bond donors (Lipinski definition) is 1. The van der Waals surface area contributed by atoms with Crippen molar-refractivity contribution in [2.45, 2.75) is 19.4 Å². The Kier molecular flexibility index (Phi) is 3.82. The van der Waals surface area contributed by atoms with Crippen molar-refractivity contribution < 1.29 is 0 Å². The summed E-state index contributed by atoms with van der Waals surface area (Å²) in [5.74, 6) is 0.682. The second-order valence-corrected chi connectivity index (χ2v) is 4.04. The first-order chi connectivity index (χ1) is 8.31. The molecule has 2 aromatic rings. The molecule has 0 saturated carbocycles. The van der Waals surface area contributed by atoms with Crippen LogP contribution in [0, 0.1) is 0 Å². The van der Waals surface area contributed by atoms with Gasteiger partial charge in [0.05, 0.1) is 6.04 Å². The van der Waals surface area contributed by atoms with Gasteiger partial charge in [-0.1, -0.05) is 30.3 Å². The molecule has 1 N–H and O–H groups in total. The van der Waals surface area contributed by atoms with E-state index in [0.29, 0.717) is 5.82 Å². The molecular weight excluding hydrogens is 214 g/mol. The second kappa shape index (κ2) is 5.54. The van der Waals surface area contributed by atoms with E-state index in [-0.39, 0.29) is 6.04 Å². The highest BCUT2D eigenvalue weighted by Crippen LogP contribution is 2.14. The molecule has 0 aliphatic rings. The van der Waals surface area contributed by atoms with Crippen molar-refractivity contribution in [3.05, 3.63) is 30.3 Å². The molecule has 0 spiro atoms. The minimum atomic E-state index is 0.257. The SMILES string of the molecule is CNCCC(C)n1nnc(-c2ccccc2)n1. The number of tetrazole rings is 1. The number of aromatic nitrogens is 4. The van der Waals surface area contributed by atoms with Crippen molar-refractivity contribution in [1.29, 1.82) is 0 Å². The van der Waals surface area contributed by atoms with E-state index in [1.54, 1.807) is 4.80 Å². The number of rotatable bonds is 5. The van der Waals surface area contributed by atoms with Gasteiger partial charge in [0, 0.05) is 5.56 Å². The maximum Gasteiger partial charge on any atom is 0.204 e. The number of hydrogen-bond acceptors (Lipinski definition) is 4. The van der Waals surface area contributed by atoms with Crippen LogP contribution >= 0.6 is 0 Å². The largest absolute Gasteiger partial charge is 0.320 e. The Labute approximate surface area is 101 Å². The average Bonchev–Trinajstić information content (AvgIpc) is 2.86. The fraction of sp³-hybridized carbons (Fsp3) is 0.417. The van der Waals surface area contributed by atoms with Crippen LogP contribution in [0.1, 0.15) is 19.4 Å². The number of benzene rings is 1. The summed E-state index contributed by atoms with van der Waals surface area (Å²) in [6.45, 7) is 3.04. The van der Waals surface area contributed by atoms with Gasteiger partial charge in [0.1, 0.15) is 0 Å². The Morgan fingerprint density at radius 2 is 2.06 bits per heavy atom. The third kappa shape index (κ3) is 2.88. The normalized spacial score (nSPS) is 12.6. The molecule has 1 aromatic heterocycles. The molecule has 0 aliphatic carbocycles. The highest BCUT2D eigenvalue weighted by atomic mass is 15.6. The predicted octanol–water partition coefficient (Wildman–Crippen LogP) is 1.51. The van der Waals surface area contributed by atoms with Gasteiger partial charge in [0.25, 0.3) is 0 Å². The van der Waals surface area contributed by atoms with Crippen LogP contribution in [0.5, 0.6) is 0 Å². The summed E-state index contributed by atoms with van der Waals surface area (Å²) < 4.78 is 0. The molecule has 0 bridgehead atoms. The summed E-state index contributed by atoms with van der Waals surface area (Å²) in [7, 11) is 1.94. The first-order valence-electron chi connectivity index (χ1n) is 5.81. The molecule has 0 fully saturated rings. The summed E-state index contributed by atoms with van der Waals surface area (Å²) >= 11 is 0. The average molecular weight is 231 g/mol. The molecular formula is C12H17N5. The molecule has 0 saturated heterocycles. The van der Waals surface area contributed by atoms with Crippen molar-refractivity contribution in [2.24, 2.45) is 0 Å². The molecule has 0 aliphatic heterocycles. The summed E-state index contributed by atoms with van der Waals surface area (Å²) in [5.41, 5.74) is 1.000. The zero-order valence-corrected chi connectivity index (χ0v) is 10.2. The Bertz CT molecular complexity index is 451. The molecule has 2 rings (SSSR count). The Balaban J connectivity index is 2.11. The molecule has 5 nitrogen and oxygen atoms in total. The van der Waals surface area contributed by atoms with E-state index in [9.17, 15) is 0 Å². The molecule has 17 heavy (non-hydrogen) atoms. The highest BCUT2D eigenvalue weighted by Gasteiger charge is 2.10. The van der Waals surface area contributed by atoms with E-state index in [4.69, 9.17) is 0 Å². The Morgan fingerprint density at radius 1 is 1.29 bits per heavy atom. The Morgan fingerprint density at radius 3 is 2.76 bits per heavy atom. The summed E-state index contributed by atoms with van der Waals surface area (Å²) in [5, 5.41) is 15.7. The van der Waals surface area contributed by atoms with Gasteiger partial charge in [-0.25, -0.2) is 0 Å². The standard InChI is InChI=1S/C12H17N5/c1-10(8-9-13-2)17-15-12(14-16-17)11-6-4-3-5-7-11/h3-7,10,13H,8-9H2,1-2H3. The quantitative estimate of drug-likeness (QED) is 0.847. The molecule has 0 radical (unpaired) electrons. The molecule has 1 heterocycles. The fourth-order valence-corrected chi connectivity index (χ4v) is 1.58. The first-order valence-corrected chi connectivity index (χ1v) is 5.81. The summed E-state index contributed by atoms with van der Waals surface area (Å²) in [6.07, 6.45) is 0.987. The van der Waals surface area contributed by atoms with Gasteiger partial charge in [-0.3, -0.25) is 0 Å². The van der Waals surface area contributed by atoms with Crippen LogP contribution in [0.2, 0.25) is 0 Å². The second-order valence-electron chi connectivity index (χ2n) is 4.04. The maximum absolute atomic E-state index is 4.40. The van der Waals surface area contributed by atoms with E-state index in [0.717, 1.165) is 18.5 Å². The van der Waals surface area contributed by atoms with Gasteiger partial charge in [-0.05, 0) is 32.2 Å². The van der Waals surface area contributed by atoms with Gasteiger partial charge in [-0.15, -0.1) is 10.2 Å². The van der Waals surface area contributed by atoms with Crippen molar-refractivity contribution >= 4 is 0 Å². The highest BCUT2D eigenvalue weighted by molar-refractivity contribution is 5.52. The fourth-order valence-electron chi connectivity index (χ4n) is 1.58. The molecule has 1 aromatic carbocycles. The molecule has 0 amide bonds. The lowest BCUT2D eigenvalue weighted by atomic mass is 10.2. The van der Waals surface area contributed by atoms with Crippen molar-refractivity contribution in [1.82, 2.24) is 25.5 Å². The third-order valence-electron chi connectivity index (χ3n) is 2.67. The monoisotopic (exact) mass is 231 g/mol. The van der Waals surface area contributed by atoms with Gasteiger partial charge in [-0.2, -0.15) is 4.80 Å². The van der Waals surface area contributed by atoms with Crippen molar-refractivity contribution in [3.8, 4) is 11.4 Å². The number of nitrogens with zero attached hydrogens (tertiary/aromatic N) is 4. The lowest BCUT2D eigenvalue weighted by Gasteiger charge is -2.08. The Hall–Kier alpha value is -1.75. The molecule has 90 valence electrons. The van der Waals surface area contributed by atoms with Crippen LogP contribution in [0.25, 0.3) is 11.4 Å². The van der Waals surface area contributed by atoms with E-state index in [1.165, 1.54) is 0 Å². The van der Waals surface area contributed by atoms with Gasteiger partial charge in [0.2, 0.25) is 5.82 Å². The van der Waals surface area contributed by atoms with Crippen LogP contribution in [0.3, 0.4) is 0 Å². The van der Waals surface area contributed by atoms with E-state index >= 15 is 0 Å².